The molecule has 3 aromatic rings. The van der Waals surface area contributed by atoms with Gasteiger partial charge in [0.1, 0.15) is 12.4 Å². The van der Waals surface area contributed by atoms with E-state index in [1.54, 1.807) is 24.5 Å². The van der Waals surface area contributed by atoms with E-state index in [9.17, 15) is 9.18 Å². The molecule has 0 saturated heterocycles. The van der Waals surface area contributed by atoms with Crippen LogP contribution in [0.1, 0.15) is 11.3 Å². The molecule has 0 aliphatic carbocycles. The van der Waals surface area contributed by atoms with Gasteiger partial charge in [-0.15, -0.1) is 0 Å². The second kappa shape index (κ2) is 7.89. The van der Waals surface area contributed by atoms with Crippen molar-refractivity contribution in [2.45, 2.75) is 20.0 Å². The molecule has 1 N–H and O–H groups in total. The van der Waals surface area contributed by atoms with E-state index in [0.29, 0.717) is 20.9 Å². The number of hydrogen-bond acceptors (Lipinski definition) is 3. The van der Waals surface area contributed by atoms with Gasteiger partial charge in [0.25, 0.3) is 0 Å². The summed E-state index contributed by atoms with van der Waals surface area (Å²) < 4.78 is 18.3. The average Bonchev–Trinajstić information content (AvgIpc) is 3.05. The Hall–Kier alpha value is -1.71. The van der Waals surface area contributed by atoms with Gasteiger partial charge in [0.2, 0.25) is 5.91 Å². The summed E-state index contributed by atoms with van der Waals surface area (Å²) in [4.78, 5) is 12.2. The van der Waals surface area contributed by atoms with Gasteiger partial charge in [0.05, 0.1) is 21.2 Å². The first kappa shape index (κ1) is 19.1. The van der Waals surface area contributed by atoms with Crippen molar-refractivity contribution < 1.29 is 9.18 Å². The van der Waals surface area contributed by atoms with Gasteiger partial charge in [-0.25, -0.2) is 4.39 Å². The monoisotopic (exact) mass is 503 g/mol. The maximum atomic E-state index is 13.9. The molecule has 0 fully saturated rings. The number of carbonyl (C=O) groups excluding carboxylic acids is 1. The predicted molar refractivity (Wildman–Crippen MR) is 104 cm³/mol. The van der Waals surface area contributed by atoms with Crippen molar-refractivity contribution >= 4 is 55.2 Å². The van der Waals surface area contributed by atoms with E-state index in [2.05, 4.69) is 47.4 Å². The summed E-state index contributed by atoms with van der Waals surface area (Å²) in [5.74, 6) is -0.352. The number of aromatic nitrogens is 4. The summed E-state index contributed by atoms with van der Waals surface area (Å²) in [5.41, 5.74) is 1.13. The Bertz CT molecular complexity index is 932. The number of nitrogens with one attached hydrogen (secondary N) is 1. The number of anilines is 1. The molecule has 0 aliphatic rings. The van der Waals surface area contributed by atoms with Crippen LogP contribution in [0.3, 0.4) is 0 Å². The number of aryl methyl sites for hydroxylation is 1. The molecule has 0 spiro atoms. The molecular weight excluding hydrogens is 492 g/mol. The first-order valence-corrected chi connectivity index (χ1v) is 9.45. The molecule has 0 aliphatic heterocycles. The van der Waals surface area contributed by atoms with Crippen molar-refractivity contribution in [3.8, 4) is 0 Å². The fraction of sp³-hybridized carbons (Fsp3) is 0.188. The summed E-state index contributed by atoms with van der Waals surface area (Å²) in [5, 5.41) is 11.5. The van der Waals surface area contributed by atoms with Crippen LogP contribution in [0, 0.1) is 12.7 Å². The lowest BCUT2D eigenvalue weighted by molar-refractivity contribution is -0.116. The third kappa shape index (κ3) is 4.33. The predicted octanol–water partition coefficient (Wildman–Crippen LogP) is 4.39. The Labute approximate surface area is 170 Å². The van der Waals surface area contributed by atoms with Crippen molar-refractivity contribution in [3.63, 3.8) is 0 Å². The highest BCUT2D eigenvalue weighted by atomic mass is 79.9. The molecule has 0 saturated carbocycles. The molecule has 0 bridgehead atoms. The summed E-state index contributed by atoms with van der Waals surface area (Å²) in [6.07, 6.45) is 3.37. The number of nitrogens with zero attached hydrogens (tertiary/aromatic N) is 4. The van der Waals surface area contributed by atoms with E-state index in [-0.39, 0.29) is 19.0 Å². The molecule has 0 radical (unpaired) electrons. The highest BCUT2D eigenvalue weighted by Crippen LogP contribution is 2.24. The van der Waals surface area contributed by atoms with Gasteiger partial charge in [-0.3, -0.25) is 14.2 Å². The lowest BCUT2D eigenvalue weighted by Gasteiger charge is -2.06. The van der Waals surface area contributed by atoms with E-state index < -0.39 is 5.82 Å². The SMILES string of the molecule is Cc1nn(CC(=O)Nc2nn(Cc3c(F)cccc3Cl)cc2Br)cc1Br. The van der Waals surface area contributed by atoms with Crippen LogP contribution in [-0.2, 0) is 17.9 Å². The number of halogens is 4. The quantitative estimate of drug-likeness (QED) is 0.559. The Morgan fingerprint density at radius 2 is 1.96 bits per heavy atom. The van der Waals surface area contributed by atoms with Gasteiger partial charge in [0, 0.05) is 23.0 Å². The number of benzene rings is 1. The number of rotatable bonds is 5. The number of amides is 1. The van der Waals surface area contributed by atoms with Crippen molar-refractivity contribution in [3.05, 3.63) is 61.6 Å². The Balaban J connectivity index is 1.71. The van der Waals surface area contributed by atoms with Crippen LogP contribution in [0.15, 0.2) is 39.5 Å². The Kier molecular flexibility index (Phi) is 5.79. The zero-order valence-corrected chi connectivity index (χ0v) is 17.4. The minimum atomic E-state index is -0.408. The van der Waals surface area contributed by atoms with E-state index >= 15 is 0 Å². The van der Waals surface area contributed by atoms with E-state index in [1.165, 1.54) is 15.4 Å². The van der Waals surface area contributed by atoms with Crippen LogP contribution in [-0.4, -0.2) is 25.5 Å². The first-order chi connectivity index (χ1) is 12.3. The largest absolute Gasteiger partial charge is 0.307 e. The fourth-order valence-corrected chi connectivity index (χ4v) is 3.25. The molecule has 0 unspecified atom stereocenters. The summed E-state index contributed by atoms with van der Waals surface area (Å²) in [6, 6.07) is 4.50. The number of hydrogen-bond donors (Lipinski definition) is 1. The van der Waals surface area contributed by atoms with E-state index in [1.807, 2.05) is 6.92 Å². The third-order valence-electron chi connectivity index (χ3n) is 3.55. The standard InChI is InChI=1S/C16H13Br2ClFN5O/c1-9-11(17)6-25(22-9)8-15(26)21-16-12(18)7-24(23-16)5-10-13(19)3-2-4-14(10)20/h2-4,6-7H,5,8H2,1H3,(H,21,23,26). The first-order valence-electron chi connectivity index (χ1n) is 7.48. The van der Waals surface area contributed by atoms with Crippen LogP contribution < -0.4 is 5.32 Å². The van der Waals surface area contributed by atoms with E-state index in [4.69, 9.17) is 11.6 Å². The normalized spacial score (nSPS) is 11.0. The molecule has 1 amide bonds. The molecule has 26 heavy (non-hydrogen) atoms. The van der Waals surface area contributed by atoms with Crippen molar-refractivity contribution in [1.82, 2.24) is 19.6 Å². The van der Waals surface area contributed by atoms with Gasteiger partial charge >= 0.3 is 0 Å². The van der Waals surface area contributed by atoms with Gasteiger partial charge in [-0.05, 0) is 50.9 Å². The highest BCUT2D eigenvalue weighted by Gasteiger charge is 2.14. The molecule has 136 valence electrons. The van der Waals surface area contributed by atoms with Gasteiger partial charge in [-0.1, -0.05) is 17.7 Å². The maximum absolute atomic E-state index is 13.9. The van der Waals surface area contributed by atoms with Crippen LogP contribution in [0.2, 0.25) is 5.02 Å². The third-order valence-corrected chi connectivity index (χ3v) is 5.26. The van der Waals surface area contributed by atoms with Gasteiger partial charge < -0.3 is 5.32 Å². The zero-order chi connectivity index (χ0) is 18.8. The Morgan fingerprint density at radius 1 is 1.23 bits per heavy atom. The fourth-order valence-electron chi connectivity index (χ4n) is 2.30. The average molecular weight is 506 g/mol. The summed E-state index contributed by atoms with van der Waals surface area (Å²) in [6.45, 7) is 2.03. The molecule has 2 heterocycles. The van der Waals surface area contributed by atoms with Gasteiger partial charge in [-0.2, -0.15) is 10.2 Å². The maximum Gasteiger partial charge on any atom is 0.247 e. The van der Waals surface area contributed by atoms with Crippen molar-refractivity contribution in [2.75, 3.05) is 5.32 Å². The van der Waals surface area contributed by atoms with Crippen LogP contribution in [0.25, 0.3) is 0 Å². The summed E-state index contributed by atoms with van der Waals surface area (Å²) in [7, 11) is 0. The molecule has 1 aromatic carbocycles. The molecule has 0 atom stereocenters. The molecular formula is C16H13Br2ClFN5O. The Morgan fingerprint density at radius 3 is 2.62 bits per heavy atom. The minimum Gasteiger partial charge on any atom is -0.307 e. The zero-order valence-electron chi connectivity index (χ0n) is 13.5. The molecule has 2 aromatic heterocycles. The highest BCUT2D eigenvalue weighted by molar-refractivity contribution is 9.10. The smallest absolute Gasteiger partial charge is 0.247 e. The molecule has 10 heteroatoms. The minimum absolute atomic E-state index is 0.0465. The second-order valence-corrected chi connectivity index (χ2v) is 7.65. The van der Waals surface area contributed by atoms with Crippen molar-refractivity contribution in [1.29, 1.82) is 0 Å². The molecule has 3 rings (SSSR count). The van der Waals surface area contributed by atoms with Gasteiger partial charge in [0.15, 0.2) is 5.82 Å². The lowest BCUT2D eigenvalue weighted by Crippen LogP contribution is -2.19. The lowest BCUT2D eigenvalue weighted by atomic mass is 10.2. The van der Waals surface area contributed by atoms with E-state index in [0.717, 1.165) is 10.2 Å². The van der Waals surface area contributed by atoms with Crippen LogP contribution in [0.4, 0.5) is 10.2 Å². The number of carbonyl (C=O) groups is 1. The van der Waals surface area contributed by atoms with Crippen LogP contribution >= 0.6 is 43.5 Å². The van der Waals surface area contributed by atoms with Crippen molar-refractivity contribution in [2.24, 2.45) is 0 Å². The topological polar surface area (TPSA) is 64.7 Å². The second-order valence-electron chi connectivity index (χ2n) is 5.53. The summed E-state index contributed by atoms with van der Waals surface area (Å²) >= 11 is 12.7. The van der Waals surface area contributed by atoms with Crippen LogP contribution in [0.5, 0.6) is 0 Å². The molecule has 6 nitrogen and oxygen atoms in total.